The number of ether oxygens (including phenoxy) is 1. The van der Waals surface area contributed by atoms with Crippen molar-refractivity contribution in [3.8, 4) is 0 Å². The summed E-state index contributed by atoms with van der Waals surface area (Å²) in [6.07, 6.45) is 1.70. The Morgan fingerprint density at radius 2 is 2.20 bits per heavy atom. The normalized spacial score (nSPS) is 10.2. The van der Waals surface area contributed by atoms with Crippen LogP contribution in [-0.4, -0.2) is 22.5 Å². The van der Waals surface area contributed by atoms with Gasteiger partial charge in [-0.25, -0.2) is 9.97 Å². The van der Waals surface area contributed by atoms with Gasteiger partial charge in [0.15, 0.2) is 0 Å². The average molecular weight is 201 g/mol. The molecule has 0 aliphatic carbocycles. The van der Waals surface area contributed by atoms with Crippen molar-refractivity contribution >= 4 is 16.8 Å². The number of nitrogens with zero attached hydrogens (tertiary/aromatic N) is 2. The predicted molar refractivity (Wildman–Crippen MR) is 58.0 cm³/mol. The van der Waals surface area contributed by atoms with Crippen molar-refractivity contribution in [1.29, 1.82) is 5.41 Å². The van der Waals surface area contributed by atoms with Crippen LogP contribution in [0.1, 0.15) is 12.7 Å². The van der Waals surface area contributed by atoms with Crippen LogP contribution in [0.4, 0.5) is 0 Å². The fraction of sp³-hybridized carbons (Fsp3) is 0.182. The van der Waals surface area contributed by atoms with Gasteiger partial charge >= 0.3 is 0 Å². The molecule has 4 heteroatoms. The number of nitrogens with one attached hydrogen (secondary N) is 1. The second kappa shape index (κ2) is 4.04. The van der Waals surface area contributed by atoms with E-state index in [-0.39, 0.29) is 5.90 Å². The summed E-state index contributed by atoms with van der Waals surface area (Å²) < 4.78 is 5.04. The van der Waals surface area contributed by atoms with E-state index in [4.69, 9.17) is 10.1 Å². The highest BCUT2D eigenvalue weighted by atomic mass is 16.5. The van der Waals surface area contributed by atoms with Crippen LogP contribution in [0.25, 0.3) is 10.9 Å². The van der Waals surface area contributed by atoms with Gasteiger partial charge in [-0.15, -0.1) is 0 Å². The fourth-order valence-electron chi connectivity index (χ4n) is 1.29. The summed E-state index contributed by atoms with van der Waals surface area (Å²) in [4.78, 5) is 8.30. The van der Waals surface area contributed by atoms with Crippen LogP contribution in [0.2, 0.25) is 0 Å². The molecule has 15 heavy (non-hydrogen) atoms. The molecule has 0 fully saturated rings. The maximum atomic E-state index is 7.56. The molecule has 2 rings (SSSR count). The van der Waals surface area contributed by atoms with E-state index in [1.54, 1.807) is 6.20 Å². The van der Waals surface area contributed by atoms with Gasteiger partial charge in [0.25, 0.3) is 5.90 Å². The molecule has 0 amide bonds. The molecule has 0 aliphatic rings. The minimum absolute atomic E-state index is 0.0169. The van der Waals surface area contributed by atoms with Crippen molar-refractivity contribution < 1.29 is 4.74 Å². The van der Waals surface area contributed by atoms with Gasteiger partial charge in [-0.1, -0.05) is 18.2 Å². The largest absolute Gasteiger partial charge is 0.476 e. The Bertz CT molecular complexity index is 496. The van der Waals surface area contributed by atoms with Crippen molar-refractivity contribution in [1.82, 2.24) is 9.97 Å². The van der Waals surface area contributed by atoms with Gasteiger partial charge in [-0.3, -0.25) is 5.41 Å². The molecule has 1 aromatic heterocycles. The van der Waals surface area contributed by atoms with Crippen LogP contribution in [0.3, 0.4) is 0 Å². The number of fused-ring (bicyclic) bond motifs is 1. The van der Waals surface area contributed by atoms with Crippen LogP contribution in [0, 0.1) is 5.41 Å². The molecule has 1 heterocycles. The van der Waals surface area contributed by atoms with E-state index >= 15 is 0 Å². The topological polar surface area (TPSA) is 58.9 Å². The summed E-state index contributed by atoms with van der Waals surface area (Å²) >= 11 is 0. The maximum Gasteiger partial charge on any atom is 0.252 e. The summed E-state index contributed by atoms with van der Waals surface area (Å²) in [5.74, 6) is 0.346. The molecule has 0 saturated heterocycles. The van der Waals surface area contributed by atoms with Gasteiger partial charge in [0.1, 0.15) is 0 Å². The van der Waals surface area contributed by atoms with Crippen molar-refractivity contribution in [3.63, 3.8) is 0 Å². The molecule has 0 aliphatic heterocycles. The molecular formula is C11H11N3O. The van der Waals surface area contributed by atoms with Gasteiger partial charge in [-0.2, -0.15) is 0 Å². The summed E-state index contributed by atoms with van der Waals surface area (Å²) in [6, 6.07) is 7.66. The molecule has 0 atom stereocenters. The molecule has 1 aromatic carbocycles. The summed E-state index contributed by atoms with van der Waals surface area (Å²) in [7, 11) is 0. The van der Waals surface area contributed by atoms with Crippen LogP contribution < -0.4 is 0 Å². The van der Waals surface area contributed by atoms with E-state index in [2.05, 4.69) is 9.97 Å². The number of hydrogen-bond acceptors (Lipinski definition) is 4. The smallest absolute Gasteiger partial charge is 0.252 e. The van der Waals surface area contributed by atoms with Crippen LogP contribution in [-0.2, 0) is 4.74 Å². The standard InChI is InChI=1S/C11H11N3O/c1-2-15-10(12)11-13-7-8-5-3-4-6-9(8)14-11/h3-7,12H,2H2,1H3. The predicted octanol–water partition coefficient (Wildman–Crippen LogP) is 1.99. The van der Waals surface area contributed by atoms with Crippen molar-refractivity contribution in [2.24, 2.45) is 0 Å². The number of hydrogen-bond donors (Lipinski definition) is 1. The highest BCUT2D eigenvalue weighted by molar-refractivity contribution is 5.90. The number of para-hydroxylation sites is 1. The highest BCUT2D eigenvalue weighted by Crippen LogP contribution is 2.09. The Morgan fingerprint density at radius 1 is 1.40 bits per heavy atom. The molecule has 2 aromatic rings. The highest BCUT2D eigenvalue weighted by Gasteiger charge is 2.05. The van der Waals surface area contributed by atoms with E-state index in [9.17, 15) is 0 Å². The molecule has 0 unspecified atom stereocenters. The number of benzene rings is 1. The third kappa shape index (κ3) is 1.93. The summed E-state index contributed by atoms with van der Waals surface area (Å²) in [5, 5.41) is 8.52. The van der Waals surface area contributed by atoms with Gasteiger partial charge in [0, 0.05) is 11.6 Å². The lowest BCUT2D eigenvalue weighted by molar-refractivity contribution is 0.323. The molecule has 0 saturated carbocycles. The zero-order valence-electron chi connectivity index (χ0n) is 8.40. The van der Waals surface area contributed by atoms with Crippen LogP contribution in [0.5, 0.6) is 0 Å². The first-order valence-corrected chi connectivity index (χ1v) is 4.74. The Morgan fingerprint density at radius 3 is 3.00 bits per heavy atom. The first-order chi connectivity index (χ1) is 7.31. The van der Waals surface area contributed by atoms with Gasteiger partial charge in [0.05, 0.1) is 12.1 Å². The first-order valence-electron chi connectivity index (χ1n) is 4.74. The summed E-state index contributed by atoms with van der Waals surface area (Å²) in [5.41, 5.74) is 0.826. The minimum Gasteiger partial charge on any atom is -0.476 e. The van der Waals surface area contributed by atoms with E-state index in [1.807, 2.05) is 31.2 Å². The lowest BCUT2D eigenvalue weighted by Crippen LogP contribution is -2.09. The monoisotopic (exact) mass is 201 g/mol. The molecule has 1 N–H and O–H groups in total. The lowest BCUT2D eigenvalue weighted by atomic mass is 10.2. The lowest BCUT2D eigenvalue weighted by Gasteiger charge is -2.03. The third-order valence-corrected chi connectivity index (χ3v) is 1.98. The Kier molecular flexibility index (Phi) is 2.58. The minimum atomic E-state index is 0.0169. The zero-order chi connectivity index (χ0) is 10.7. The SMILES string of the molecule is CCOC(=N)c1ncc2ccccc2n1. The molecular weight excluding hydrogens is 190 g/mol. The Hall–Kier alpha value is -1.97. The van der Waals surface area contributed by atoms with E-state index in [1.165, 1.54) is 0 Å². The average Bonchev–Trinajstić information content (AvgIpc) is 2.29. The zero-order valence-corrected chi connectivity index (χ0v) is 8.40. The molecule has 4 nitrogen and oxygen atoms in total. The Balaban J connectivity index is 2.42. The van der Waals surface area contributed by atoms with Gasteiger partial charge < -0.3 is 4.74 Å². The molecule has 0 radical (unpaired) electrons. The quantitative estimate of drug-likeness (QED) is 0.597. The third-order valence-electron chi connectivity index (χ3n) is 1.98. The van der Waals surface area contributed by atoms with E-state index in [0.717, 1.165) is 10.9 Å². The van der Waals surface area contributed by atoms with Crippen molar-refractivity contribution in [2.45, 2.75) is 6.92 Å². The number of rotatable bonds is 2. The van der Waals surface area contributed by atoms with Crippen molar-refractivity contribution in [2.75, 3.05) is 6.61 Å². The van der Waals surface area contributed by atoms with Crippen LogP contribution >= 0.6 is 0 Å². The van der Waals surface area contributed by atoms with Crippen molar-refractivity contribution in [3.05, 3.63) is 36.3 Å². The van der Waals surface area contributed by atoms with E-state index in [0.29, 0.717) is 12.4 Å². The van der Waals surface area contributed by atoms with Gasteiger partial charge in [-0.05, 0) is 13.0 Å². The van der Waals surface area contributed by atoms with Crippen LogP contribution in [0.15, 0.2) is 30.5 Å². The second-order valence-electron chi connectivity index (χ2n) is 3.01. The molecule has 76 valence electrons. The number of aromatic nitrogens is 2. The second-order valence-corrected chi connectivity index (χ2v) is 3.01. The molecule has 0 bridgehead atoms. The van der Waals surface area contributed by atoms with Gasteiger partial charge in [0.2, 0.25) is 5.82 Å². The fourth-order valence-corrected chi connectivity index (χ4v) is 1.29. The maximum absolute atomic E-state index is 7.56. The molecule has 0 spiro atoms. The first kappa shape index (κ1) is 9.58. The Labute approximate surface area is 87.4 Å². The summed E-state index contributed by atoms with van der Waals surface area (Å²) in [6.45, 7) is 2.28. The van der Waals surface area contributed by atoms with E-state index < -0.39 is 0 Å².